The summed E-state index contributed by atoms with van der Waals surface area (Å²) in [5.74, 6) is -0.0988. The molecule has 0 saturated carbocycles. The largest absolute Gasteiger partial charge is 0.350 e. The van der Waals surface area contributed by atoms with Crippen LogP contribution < -0.4 is 5.32 Å². The highest BCUT2D eigenvalue weighted by atomic mass is 16.2. The SMILES string of the molecule is CCc1ccc(CCC(=O)N(CCc2ccccc2)C(C)C(=O)NC(C)(C)C)cc1. The fourth-order valence-electron chi connectivity index (χ4n) is 3.38. The highest BCUT2D eigenvalue weighted by molar-refractivity contribution is 5.87. The predicted molar refractivity (Wildman–Crippen MR) is 123 cm³/mol. The molecule has 1 atom stereocenters. The quantitative estimate of drug-likeness (QED) is 0.661. The molecule has 0 saturated heterocycles. The van der Waals surface area contributed by atoms with Gasteiger partial charge in [-0.1, -0.05) is 61.5 Å². The molecule has 4 nitrogen and oxygen atoms in total. The van der Waals surface area contributed by atoms with E-state index in [-0.39, 0.29) is 17.4 Å². The van der Waals surface area contributed by atoms with Crippen molar-refractivity contribution in [3.63, 3.8) is 0 Å². The summed E-state index contributed by atoms with van der Waals surface area (Å²) in [6.45, 7) is 10.3. The zero-order valence-corrected chi connectivity index (χ0v) is 19.1. The Morgan fingerprint density at radius 3 is 2.03 bits per heavy atom. The van der Waals surface area contributed by atoms with Gasteiger partial charge in [0.05, 0.1) is 0 Å². The van der Waals surface area contributed by atoms with Crippen molar-refractivity contribution in [1.82, 2.24) is 10.2 Å². The van der Waals surface area contributed by atoms with Crippen molar-refractivity contribution >= 4 is 11.8 Å². The molecule has 1 unspecified atom stereocenters. The minimum absolute atomic E-state index is 0.0158. The van der Waals surface area contributed by atoms with E-state index in [4.69, 9.17) is 0 Å². The van der Waals surface area contributed by atoms with Crippen molar-refractivity contribution in [3.05, 3.63) is 71.3 Å². The minimum Gasteiger partial charge on any atom is -0.350 e. The fourth-order valence-corrected chi connectivity index (χ4v) is 3.38. The minimum atomic E-state index is -0.511. The number of rotatable bonds is 9. The molecule has 1 N–H and O–H groups in total. The van der Waals surface area contributed by atoms with Gasteiger partial charge >= 0.3 is 0 Å². The number of nitrogens with zero attached hydrogens (tertiary/aromatic N) is 1. The molecule has 162 valence electrons. The van der Waals surface area contributed by atoms with Crippen molar-refractivity contribution in [3.8, 4) is 0 Å². The maximum Gasteiger partial charge on any atom is 0.242 e. The number of amides is 2. The van der Waals surface area contributed by atoms with E-state index in [1.165, 1.54) is 5.56 Å². The molecule has 30 heavy (non-hydrogen) atoms. The third-order valence-electron chi connectivity index (χ3n) is 5.21. The lowest BCUT2D eigenvalue weighted by Gasteiger charge is -2.31. The van der Waals surface area contributed by atoms with Crippen molar-refractivity contribution in [2.24, 2.45) is 0 Å². The molecule has 0 aliphatic rings. The second-order valence-electron chi connectivity index (χ2n) is 8.91. The molecule has 0 fully saturated rings. The maximum atomic E-state index is 13.1. The van der Waals surface area contributed by atoms with Crippen LogP contribution in [0.3, 0.4) is 0 Å². The summed E-state index contributed by atoms with van der Waals surface area (Å²) < 4.78 is 0. The van der Waals surface area contributed by atoms with Crippen molar-refractivity contribution in [1.29, 1.82) is 0 Å². The second kappa shape index (κ2) is 11.0. The summed E-state index contributed by atoms with van der Waals surface area (Å²) in [7, 11) is 0. The molecule has 4 heteroatoms. The Hall–Kier alpha value is -2.62. The summed E-state index contributed by atoms with van der Waals surface area (Å²) in [5.41, 5.74) is 3.27. The highest BCUT2D eigenvalue weighted by Crippen LogP contribution is 2.12. The van der Waals surface area contributed by atoms with Crippen LogP contribution in [0.5, 0.6) is 0 Å². The van der Waals surface area contributed by atoms with Crippen molar-refractivity contribution in [2.45, 2.75) is 71.9 Å². The molecule has 0 radical (unpaired) electrons. The van der Waals surface area contributed by atoms with Gasteiger partial charge in [0.2, 0.25) is 11.8 Å². The highest BCUT2D eigenvalue weighted by Gasteiger charge is 2.27. The molecule has 0 spiro atoms. The molecule has 2 aromatic carbocycles. The Bertz CT molecular complexity index is 807. The van der Waals surface area contributed by atoms with Gasteiger partial charge in [-0.15, -0.1) is 0 Å². The number of hydrogen-bond acceptors (Lipinski definition) is 2. The number of hydrogen-bond donors (Lipinski definition) is 1. The van der Waals surface area contributed by atoms with Gasteiger partial charge in [0.1, 0.15) is 6.04 Å². The lowest BCUT2D eigenvalue weighted by Crippen LogP contribution is -2.53. The van der Waals surface area contributed by atoms with Crippen LogP contribution in [-0.2, 0) is 28.9 Å². The van der Waals surface area contributed by atoms with E-state index in [1.807, 2.05) is 45.9 Å². The van der Waals surface area contributed by atoms with E-state index in [9.17, 15) is 9.59 Å². The Labute approximate surface area is 181 Å². The molecule has 0 aliphatic heterocycles. The first kappa shape index (κ1) is 23.7. The third-order valence-corrected chi connectivity index (χ3v) is 5.21. The van der Waals surface area contributed by atoms with Crippen LogP contribution in [0.25, 0.3) is 0 Å². The van der Waals surface area contributed by atoms with Gasteiger partial charge in [-0.25, -0.2) is 0 Å². The molecule has 2 amide bonds. The number of nitrogens with one attached hydrogen (secondary N) is 1. The molecule has 0 heterocycles. The van der Waals surface area contributed by atoms with Gasteiger partial charge in [0, 0.05) is 18.5 Å². The average molecular weight is 409 g/mol. The molecular formula is C26H36N2O2. The Morgan fingerprint density at radius 2 is 1.47 bits per heavy atom. The van der Waals surface area contributed by atoms with Crippen LogP contribution in [0.15, 0.2) is 54.6 Å². The van der Waals surface area contributed by atoms with Crippen molar-refractivity contribution in [2.75, 3.05) is 6.54 Å². The van der Waals surface area contributed by atoms with Gasteiger partial charge in [-0.05, 0) is 63.6 Å². The van der Waals surface area contributed by atoms with Crippen molar-refractivity contribution < 1.29 is 9.59 Å². The van der Waals surface area contributed by atoms with E-state index in [1.54, 1.807) is 4.90 Å². The normalized spacial score (nSPS) is 12.3. The Balaban J connectivity index is 2.07. The number of benzene rings is 2. The molecule has 0 aromatic heterocycles. The lowest BCUT2D eigenvalue weighted by atomic mass is 10.0. The van der Waals surface area contributed by atoms with Gasteiger partial charge < -0.3 is 10.2 Å². The molecule has 2 rings (SSSR count). The first-order valence-electron chi connectivity index (χ1n) is 10.9. The number of carbonyl (C=O) groups excluding carboxylic acids is 2. The summed E-state index contributed by atoms with van der Waals surface area (Å²) >= 11 is 0. The second-order valence-corrected chi connectivity index (χ2v) is 8.91. The summed E-state index contributed by atoms with van der Waals surface area (Å²) in [6.07, 6.45) is 2.81. The van der Waals surface area contributed by atoms with Crippen LogP contribution in [0, 0.1) is 0 Å². The zero-order chi connectivity index (χ0) is 22.1. The summed E-state index contributed by atoms with van der Waals surface area (Å²) in [5, 5.41) is 3.01. The smallest absolute Gasteiger partial charge is 0.242 e. The molecule has 0 aliphatic carbocycles. The van der Waals surface area contributed by atoms with Gasteiger partial charge in [-0.2, -0.15) is 0 Å². The van der Waals surface area contributed by atoms with E-state index in [0.717, 1.165) is 24.0 Å². The zero-order valence-electron chi connectivity index (χ0n) is 19.1. The standard InChI is InChI=1S/C26H36N2O2/c1-6-21-12-14-23(15-13-21)16-17-24(29)28(19-18-22-10-8-7-9-11-22)20(2)25(30)27-26(3,4)5/h7-15,20H,6,16-19H2,1-5H3,(H,27,30). The average Bonchev–Trinajstić information content (AvgIpc) is 2.72. The summed E-state index contributed by atoms with van der Waals surface area (Å²) in [6, 6.07) is 18.0. The molecular weight excluding hydrogens is 372 g/mol. The van der Waals surface area contributed by atoms with Crippen LogP contribution in [0.4, 0.5) is 0 Å². The first-order valence-corrected chi connectivity index (χ1v) is 10.9. The first-order chi connectivity index (χ1) is 14.2. The number of aryl methyl sites for hydroxylation is 2. The van der Waals surface area contributed by atoms with Gasteiger partial charge in [0.25, 0.3) is 0 Å². The molecule has 0 bridgehead atoms. The van der Waals surface area contributed by atoms with E-state index >= 15 is 0 Å². The van der Waals surface area contributed by atoms with Crippen LogP contribution >= 0.6 is 0 Å². The third kappa shape index (κ3) is 7.66. The van der Waals surface area contributed by atoms with Crippen LogP contribution in [-0.4, -0.2) is 34.8 Å². The topological polar surface area (TPSA) is 49.4 Å². The molecule has 2 aromatic rings. The van der Waals surface area contributed by atoms with Crippen LogP contribution in [0.1, 0.15) is 57.7 Å². The monoisotopic (exact) mass is 408 g/mol. The lowest BCUT2D eigenvalue weighted by molar-refractivity contribution is -0.140. The summed E-state index contributed by atoms with van der Waals surface area (Å²) in [4.78, 5) is 27.6. The predicted octanol–water partition coefficient (Wildman–Crippen LogP) is 4.56. The van der Waals surface area contributed by atoms with E-state index in [2.05, 4.69) is 48.6 Å². The maximum absolute atomic E-state index is 13.1. The fraction of sp³-hybridized carbons (Fsp3) is 0.462. The van der Waals surface area contributed by atoms with Gasteiger partial charge in [-0.3, -0.25) is 9.59 Å². The Morgan fingerprint density at radius 1 is 0.900 bits per heavy atom. The van der Waals surface area contributed by atoms with Gasteiger partial charge in [0.15, 0.2) is 0 Å². The Kier molecular flexibility index (Phi) is 8.64. The van der Waals surface area contributed by atoms with Crippen LogP contribution in [0.2, 0.25) is 0 Å². The van der Waals surface area contributed by atoms with E-state index < -0.39 is 6.04 Å². The number of carbonyl (C=O) groups is 2. The van der Waals surface area contributed by atoms with E-state index in [0.29, 0.717) is 19.4 Å².